The van der Waals surface area contributed by atoms with Crippen molar-refractivity contribution in [2.24, 2.45) is 5.73 Å². The van der Waals surface area contributed by atoms with Gasteiger partial charge in [0.1, 0.15) is 6.04 Å². The van der Waals surface area contributed by atoms with E-state index in [4.69, 9.17) is 10.8 Å². The molecule has 9 heavy (non-hydrogen) atoms. The quantitative estimate of drug-likeness (QED) is 0.599. The first-order chi connectivity index (χ1) is 4.18. The van der Waals surface area contributed by atoms with Crippen molar-refractivity contribution in [3.8, 4) is 0 Å². The minimum absolute atomic E-state index is 0.388. The second-order valence-corrected chi connectivity index (χ2v) is 2.44. The summed E-state index contributed by atoms with van der Waals surface area (Å²) >= 11 is 1.30. The zero-order chi connectivity index (χ0) is 7.28. The van der Waals surface area contributed by atoms with Gasteiger partial charge < -0.3 is 10.8 Å². The van der Waals surface area contributed by atoms with Gasteiger partial charge in [0.15, 0.2) is 0 Å². The lowest BCUT2D eigenvalue weighted by atomic mass is 10.4. The molecular formula is C5H9NO2S. The Balaban J connectivity index is 3.37. The van der Waals surface area contributed by atoms with Gasteiger partial charge in [0.2, 0.25) is 0 Å². The van der Waals surface area contributed by atoms with Gasteiger partial charge >= 0.3 is 5.97 Å². The lowest BCUT2D eigenvalue weighted by molar-refractivity contribution is -0.137. The summed E-state index contributed by atoms with van der Waals surface area (Å²) in [5, 5.41) is 9.81. The van der Waals surface area contributed by atoms with Crippen LogP contribution in [0.15, 0.2) is 12.0 Å². The van der Waals surface area contributed by atoms with E-state index in [1.165, 1.54) is 11.8 Å². The molecule has 52 valence electrons. The van der Waals surface area contributed by atoms with Crippen LogP contribution >= 0.6 is 11.8 Å². The maximum absolute atomic E-state index is 10.0. The molecule has 0 heterocycles. The number of carboxylic acid groups (broad SMARTS) is 1. The molecule has 3 nitrogen and oxygen atoms in total. The number of nitrogens with two attached hydrogens (primary N) is 1. The standard InChI is InChI=1S/C5H9NO2S/c1-2-9-3-4(6)5(7)8/h2,4H,1,3,6H2,(H,7,8). The van der Waals surface area contributed by atoms with Crippen molar-refractivity contribution >= 4 is 17.7 Å². The summed E-state index contributed by atoms with van der Waals surface area (Å²) in [6.45, 7) is 3.41. The molecule has 0 fully saturated rings. The molecule has 0 aromatic rings. The maximum atomic E-state index is 10.0. The largest absolute Gasteiger partial charge is 0.480 e. The van der Waals surface area contributed by atoms with Gasteiger partial charge in [-0.05, 0) is 5.41 Å². The Kier molecular flexibility index (Phi) is 4.17. The average molecular weight is 147 g/mol. The van der Waals surface area contributed by atoms with Crippen molar-refractivity contribution in [2.75, 3.05) is 5.75 Å². The topological polar surface area (TPSA) is 63.3 Å². The van der Waals surface area contributed by atoms with Gasteiger partial charge in [0.05, 0.1) is 0 Å². The van der Waals surface area contributed by atoms with Crippen molar-refractivity contribution < 1.29 is 9.90 Å². The molecule has 0 aliphatic carbocycles. The SMILES string of the molecule is C=CSCC(N)C(=O)O. The lowest BCUT2D eigenvalue weighted by Crippen LogP contribution is -2.32. The fraction of sp³-hybridized carbons (Fsp3) is 0.400. The van der Waals surface area contributed by atoms with E-state index in [1.54, 1.807) is 5.41 Å². The van der Waals surface area contributed by atoms with E-state index >= 15 is 0 Å². The molecule has 0 bridgehead atoms. The molecule has 0 amide bonds. The molecule has 0 rings (SSSR count). The zero-order valence-corrected chi connectivity index (χ0v) is 5.73. The predicted octanol–water partition coefficient (Wildman–Crippen LogP) is 0.275. The molecule has 0 spiro atoms. The van der Waals surface area contributed by atoms with Gasteiger partial charge in [0, 0.05) is 5.75 Å². The first kappa shape index (κ1) is 8.52. The summed E-state index contributed by atoms with van der Waals surface area (Å²) < 4.78 is 0. The molecule has 0 aliphatic heterocycles. The van der Waals surface area contributed by atoms with Gasteiger partial charge in [-0.25, -0.2) is 0 Å². The second kappa shape index (κ2) is 4.40. The van der Waals surface area contributed by atoms with Crippen LogP contribution in [0.4, 0.5) is 0 Å². The number of rotatable bonds is 4. The van der Waals surface area contributed by atoms with Crippen LogP contribution in [0.5, 0.6) is 0 Å². The van der Waals surface area contributed by atoms with Crippen molar-refractivity contribution in [1.29, 1.82) is 0 Å². The highest BCUT2D eigenvalue weighted by Crippen LogP contribution is 2.00. The van der Waals surface area contributed by atoms with Crippen LogP contribution < -0.4 is 5.73 Å². The first-order valence-corrected chi connectivity index (χ1v) is 3.44. The minimum Gasteiger partial charge on any atom is -0.480 e. The van der Waals surface area contributed by atoms with Crippen LogP contribution in [0.1, 0.15) is 0 Å². The Labute approximate surface area is 57.9 Å². The third-order valence-corrected chi connectivity index (χ3v) is 1.50. The summed E-state index contributed by atoms with van der Waals surface area (Å²) in [7, 11) is 0. The van der Waals surface area contributed by atoms with Crippen molar-refractivity contribution in [2.45, 2.75) is 6.04 Å². The second-order valence-electron chi connectivity index (χ2n) is 1.44. The smallest absolute Gasteiger partial charge is 0.321 e. The van der Waals surface area contributed by atoms with Gasteiger partial charge in [-0.15, -0.1) is 11.8 Å². The van der Waals surface area contributed by atoms with E-state index in [2.05, 4.69) is 6.58 Å². The fourth-order valence-corrected chi connectivity index (χ4v) is 0.729. The van der Waals surface area contributed by atoms with Crippen LogP contribution in [0, 0.1) is 0 Å². The van der Waals surface area contributed by atoms with Crippen LogP contribution in [-0.2, 0) is 4.79 Å². The number of aliphatic carboxylic acids is 1. The Morgan fingerprint density at radius 2 is 2.56 bits per heavy atom. The first-order valence-electron chi connectivity index (χ1n) is 2.39. The molecule has 0 aromatic carbocycles. The monoisotopic (exact) mass is 147 g/mol. The van der Waals surface area contributed by atoms with Crippen molar-refractivity contribution in [3.63, 3.8) is 0 Å². The summed E-state index contributed by atoms with van der Waals surface area (Å²) in [5.74, 6) is -0.580. The predicted molar refractivity (Wildman–Crippen MR) is 38.3 cm³/mol. The summed E-state index contributed by atoms with van der Waals surface area (Å²) in [4.78, 5) is 10.0. The van der Waals surface area contributed by atoms with Gasteiger partial charge in [-0.1, -0.05) is 6.58 Å². The third-order valence-electron chi connectivity index (χ3n) is 0.711. The van der Waals surface area contributed by atoms with E-state index < -0.39 is 12.0 Å². The minimum atomic E-state index is -0.968. The molecule has 4 heteroatoms. The summed E-state index contributed by atoms with van der Waals surface area (Å²) in [6, 6.07) is -0.770. The van der Waals surface area contributed by atoms with Crippen LogP contribution in [0.25, 0.3) is 0 Å². The molecule has 0 aliphatic rings. The number of thioether (sulfide) groups is 1. The summed E-state index contributed by atoms with van der Waals surface area (Å²) in [5.41, 5.74) is 5.13. The number of hydrogen-bond donors (Lipinski definition) is 2. The van der Waals surface area contributed by atoms with E-state index in [0.717, 1.165) is 0 Å². The Morgan fingerprint density at radius 3 is 2.89 bits per heavy atom. The van der Waals surface area contributed by atoms with Gasteiger partial charge in [-0.3, -0.25) is 4.79 Å². The highest BCUT2D eigenvalue weighted by atomic mass is 32.2. The molecule has 0 saturated carbocycles. The highest BCUT2D eigenvalue weighted by molar-refractivity contribution is 8.02. The molecule has 3 N–H and O–H groups in total. The van der Waals surface area contributed by atoms with E-state index in [-0.39, 0.29) is 0 Å². The van der Waals surface area contributed by atoms with Crippen LogP contribution in [-0.4, -0.2) is 22.9 Å². The molecule has 0 radical (unpaired) electrons. The number of carbonyl (C=O) groups is 1. The van der Waals surface area contributed by atoms with E-state index in [9.17, 15) is 4.79 Å². The van der Waals surface area contributed by atoms with E-state index in [1.807, 2.05) is 0 Å². The van der Waals surface area contributed by atoms with Crippen LogP contribution in [0.3, 0.4) is 0 Å². The number of hydrogen-bond acceptors (Lipinski definition) is 3. The van der Waals surface area contributed by atoms with Crippen molar-refractivity contribution in [1.82, 2.24) is 0 Å². The Hall–Kier alpha value is -0.480. The third kappa shape index (κ3) is 4.05. The molecule has 0 aromatic heterocycles. The summed E-state index contributed by atoms with van der Waals surface area (Å²) in [6.07, 6.45) is 0. The lowest BCUT2D eigenvalue weighted by Gasteiger charge is -2.00. The average Bonchev–Trinajstić information content (AvgIpc) is 1.82. The van der Waals surface area contributed by atoms with E-state index in [0.29, 0.717) is 5.75 Å². The van der Waals surface area contributed by atoms with Crippen molar-refractivity contribution in [3.05, 3.63) is 12.0 Å². The van der Waals surface area contributed by atoms with Gasteiger partial charge in [-0.2, -0.15) is 0 Å². The van der Waals surface area contributed by atoms with Gasteiger partial charge in [0.25, 0.3) is 0 Å². The zero-order valence-electron chi connectivity index (χ0n) is 4.91. The number of carboxylic acids is 1. The normalized spacial score (nSPS) is 12.6. The molecule has 1 unspecified atom stereocenters. The Bertz CT molecular complexity index is 116. The molecule has 0 saturated heterocycles. The molecule has 1 atom stereocenters. The highest BCUT2D eigenvalue weighted by Gasteiger charge is 2.08. The Morgan fingerprint density at radius 1 is 2.00 bits per heavy atom. The maximum Gasteiger partial charge on any atom is 0.321 e. The fourth-order valence-electron chi connectivity index (χ4n) is 0.243. The van der Waals surface area contributed by atoms with Crippen LogP contribution in [0.2, 0.25) is 0 Å². The molecular weight excluding hydrogens is 138 g/mol.